The van der Waals surface area contributed by atoms with E-state index in [1.54, 1.807) is 11.3 Å². The van der Waals surface area contributed by atoms with Gasteiger partial charge < -0.3 is 5.11 Å². The number of aliphatic hydroxyl groups excluding tert-OH is 1. The summed E-state index contributed by atoms with van der Waals surface area (Å²) in [4.78, 5) is 4.36. The first-order chi connectivity index (χ1) is 6.74. The molecule has 2 rings (SSSR count). The zero-order chi connectivity index (χ0) is 9.97. The Hall–Kier alpha value is -0.410. The fourth-order valence-electron chi connectivity index (χ4n) is 1.89. The fourth-order valence-corrected chi connectivity index (χ4v) is 2.74. The Kier molecular flexibility index (Phi) is 3.19. The summed E-state index contributed by atoms with van der Waals surface area (Å²) in [7, 11) is 0. The average molecular weight is 211 g/mol. The van der Waals surface area contributed by atoms with Crippen molar-refractivity contribution in [3.63, 3.8) is 0 Å². The van der Waals surface area contributed by atoms with Crippen LogP contribution in [0, 0.1) is 12.8 Å². The van der Waals surface area contributed by atoms with E-state index in [0.717, 1.165) is 29.5 Å². The molecule has 0 bridgehead atoms. The summed E-state index contributed by atoms with van der Waals surface area (Å²) in [5, 5.41) is 12.9. The highest BCUT2D eigenvalue weighted by Gasteiger charge is 2.21. The SMILES string of the molecule is Cc1csc(CC(O)CC2CCC2)n1. The molecule has 0 aromatic carbocycles. The standard InChI is InChI=1S/C11H17NOS/c1-8-7-14-11(12-8)6-10(13)5-9-3-2-4-9/h7,9-10,13H,2-6H2,1H3. The number of aromatic nitrogens is 1. The van der Waals surface area contributed by atoms with Crippen LogP contribution in [0.25, 0.3) is 0 Å². The van der Waals surface area contributed by atoms with Crippen molar-refractivity contribution >= 4 is 11.3 Å². The summed E-state index contributed by atoms with van der Waals surface area (Å²) in [5.74, 6) is 0.783. The fraction of sp³-hybridized carbons (Fsp3) is 0.727. The van der Waals surface area contributed by atoms with Gasteiger partial charge in [0.05, 0.1) is 11.1 Å². The Morgan fingerprint density at radius 1 is 1.64 bits per heavy atom. The first kappa shape index (κ1) is 10.1. The lowest BCUT2D eigenvalue weighted by molar-refractivity contribution is 0.117. The van der Waals surface area contributed by atoms with Gasteiger partial charge in [0.2, 0.25) is 0 Å². The van der Waals surface area contributed by atoms with Gasteiger partial charge in [0, 0.05) is 17.5 Å². The Morgan fingerprint density at radius 3 is 2.93 bits per heavy atom. The molecule has 0 saturated heterocycles. The average Bonchev–Trinajstić information content (AvgIpc) is 2.44. The summed E-state index contributed by atoms with van der Waals surface area (Å²) < 4.78 is 0. The number of rotatable bonds is 4. The molecule has 1 aliphatic carbocycles. The zero-order valence-corrected chi connectivity index (χ0v) is 9.39. The minimum Gasteiger partial charge on any atom is -0.393 e. The van der Waals surface area contributed by atoms with Crippen molar-refractivity contribution in [1.29, 1.82) is 0 Å². The summed E-state index contributed by atoms with van der Waals surface area (Å²) in [6.45, 7) is 2.00. The van der Waals surface area contributed by atoms with Crippen LogP contribution in [0.1, 0.15) is 36.4 Å². The van der Waals surface area contributed by atoms with Crippen LogP contribution in [0.3, 0.4) is 0 Å². The summed E-state index contributed by atoms with van der Waals surface area (Å²) in [6.07, 6.45) is 5.52. The van der Waals surface area contributed by atoms with Gasteiger partial charge in [0.15, 0.2) is 0 Å². The highest BCUT2D eigenvalue weighted by Crippen LogP contribution is 2.31. The molecule has 1 saturated carbocycles. The van der Waals surface area contributed by atoms with Crippen molar-refractivity contribution in [3.05, 3.63) is 16.1 Å². The van der Waals surface area contributed by atoms with Crippen LogP contribution in [-0.4, -0.2) is 16.2 Å². The molecule has 0 aliphatic heterocycles. The molecule has 1 atom stereocenters. The van der Waals surface area contributed by atoms with Crippen LogP contribution in [0.2, 0.25) is 0 Å². The van der Waals surface area contributed by atoms with Crippen LogP contribution in [-0.2, 0) is 6.42 Å². The lowest BCUT2D eigenvalue weighted by Gasteiger charge is -2.27. The predicted octanol–water partition coefficient (Wildman–Crippen LogP) is 2.55. The molecule has 1 aromatic heterocycles. The van der Waals surface area contributed by atoms with Gasteiger partial charge in [-0.05, 0) is 19.3 Å². The molecule has 14 heavy (non-hydrogen) atoms. The van der Waals surface area contributed by atoms with Gasteiger partial charge in [-0.3, -0.25) is 0 Å². The molecule has 1 unspecified atom stereocenters. The van der Waals surface area contributed by atoms with E-state index in [-0.39, 0.29) is 6.10 Å². The Bertz CT molecular complexity index is 293. The first-order valence-electron chi connectivity index (χ1n) is 5.33. The van der Waals surface area contributed by atoms with E-state index in [0.29, 0.717) is 0 Å². The van der Waals surface area contributed by atoms with Gasteiger partial charge in [0.25, 0.3) is 0 Å². The Balaban J connectivity index is 1.78. The van der Waals surface area contributed by atoms with Crippen LogP contribution < -0.4 is 0 Å². The number of aryl methyl sites for hydroxylation is 1. The molecular weight excluding hydrogens is 194 g/mol. The van der Waals surface area contributed by atoms with E-state index in [2.05, 4.69) is 4.98 Å². The second-order valence-corrected chi connectivity index (χ2v) is 5.22. The smallest absolute Gasteiger partial charge is 0.0953 e. The van der Waals surface area contributed by atoms with Crippen LogP contribution in [0.4, 0.5) is 0 Å². The number of aliphatic hydroxyl groups is 1. The van der Waals surface area contributed by atoms with Gasteiger partial charge in [-0.15, -0.1) is 11.3 Å². The molecule has 3 heteroatoms. The van der Waals surface area contributed by atoms with Crippen molar-refractivity contribution < 1.29 is 5.11 Å². The molecule has 0 spiro atoms. The maximum absolute atomic E-state index is 9.81. The molecule has 1 N–H and O–H groups in total. The number of hydrogen-bond acceptors (Lipinski definition) is 3. The summed E-state index contributed by atoms with van der Waals surface area (Å²) in [6, 6.07) is 0. The van der Waals surface area contributed by atoms with Crippen molar-refractivity contribution in [3.8, 4) is 0 Å². The molecule has 0 radical (unpaired) electrons. The monoisotopic (exact) mass is 211 g/mol. The van der Waals surface area contributed by atoms with Gasteiger partial charge in [0.1, 0.15) is 0 Å². The van der Waals surface area contributed by atoms with Gasteiger partial charge in [-0.1, -0.05) is 19.3 Å². The van der Waals surface area contributed by atoms with Crippen LogP contribution in [0.15, 0.2) is 5.38 Å². The second-order valence-electron chi connectivity index (χ2n) is 4.27. The topological polar surface area (TPSA) is 33.1 Å². The van der Waals surface area contributed by atoms with E-state index in [1.807, 2.05) is 12.3 Å². The maximum atomic E-state index is 9.81. The molecular formula is C11H17NOS. The van der Waals surface area contributed by atoms with Crippen LogP contribution >= 0.6 is 11.3 Å². The van der Waals surface area contributed by atoms with E-state index in [9.17, 15) is 5.11 Å². The summed E-state index contributed by atoms with van der Waals surface area (Å²) in [5.41, 5.74) is 1.07. The van der Waals surface area contributed by atoms with Crippen molar-refractivity contribution in [2.75, 3.05) is 0 Å². The lowest BCUT2D eigenvalue weighted by Crippen LogP contribution is -2.20. The van der Waals surface area contributed by atoms with Gasteiger partial charge in [-0.25, -0.2) is 4.98 Å². The van der Waals surface area contributed by atoms with Crippen LogP contribution in [0.5, 0.6) is 0 Å². The van der Waals surface area contributed by atoms with Crippen molar-refractivity contribution in [2.45, 2.75) is 45.1 Å². The third-order valence-corrected chi connectivity index (χ3v) is 3.90. The maximum Gasteiger partial charge on any atom is 0.0953 e. The number of hydrogen-bond donors (Lipinski definition) is 1. The number of nitrogens with zero attached hydrogens (tertiary/aromatic N) is 1. The highest BCUT2D eigenvalue weighted by molar-refractivity contribution is 7.09. The second kappa shape index (κ2) is 4.41. The van der Waals surface area contributed by atoms with E-state index < -0.39 is 0 Å². The largest absolute Gasteiger partial charge is 0.393 e. The molecule has 1 aliphatic rings. The third-order valence-electron chi connectivity index (χ3n) is 2.91. The number of thiazole rings is 1. The molecule has 78 valence electrons. The minimum absolute atomic E-state index is 0.175. The molecule has 2 nitrogen and oxygen atoms in total. The Morgan fingerprint density at radius 2 is 2.43 bits per heavy atom. The minimum atomic E-state index is -0.175. The zero-order valence-electron chi connectivity index (χ0n) is 8.57. The Labute approximate surface area is 89.0 Å². The van der Waals surface area contributed by atoms with E-state index in [1.165, 1.54) is 19.3 Å². The predicted molar refractivity (Wildman–Crippen MR) is 58.5 cm³/mol. The van der Waals surface area contributed by atoms with Crippen molar-refractivity contribution in [2.24, 2.45) is 5.92 Å². The quantitative estimate of drug-likeness (QED) is 0.830. The van der Waals surface area contributed by atoms with E-state index >= 15 is 0 Å². The molecule has 1 heterocycles. The molecule has 1 fully saturated rings. The highest BCUT2D eigenvalue weighted by atomic mass is 32.1. The molecule has 0 amide bonds. The summed E-state index contributed by atoms with van der Waals surface area (Å²) >= 11 is 1.66. The van der Waals surface area contributed by atoms with E-state index in [4.69, 9.17) is 0 Å². The van der Waals surface area contributed by atoms with Gasteiger partial charge >= 0.3 is 0 Å². The third kappa shape index (κ3) is 2.55. The first-order valence-corrected chi connectivity index (χ1v) is 6.21. The van der Waals surface area contributed by atoms with Crippen molar-refractivity contribution in [1.82, 2.24) is 4.98 Å². The van der Waals surface area contributed by atoms with Gasteiger partial charge in [-0.2, -0.15) is 0 Å². The normalized spacial score (nSPS) is 19.3. The lowest BCUT2D eigenvalue weighted by atomic mass is 9.81. The molecule has 1 aromatic rings.